The van der Waals surface area contributed by atoms with Gasteiger partial charge < -0.3 is 15.7 Å². The number of aromatic nitrogens is 2. The maximum Gasteiger partial charge on any atom is 0.405 e. The highest BCUT2D eigenvalue weighted by atomic mass is 35.5. The normalized spacial score (nSPS) is 12.3. The molecule has 0 radical (unpaired) electrons. The van der Waals surface area contributed by atoms with Crippen LogP contribution in [-0.2, 0) is 11.2 Å². The van der Waals surface area contributed by atoms with Crippen molar-refractivity contribution in [1.82, 2.24) is 15.5 Å². The van der Waals surface area contributed by atoms with E-state index in [9.17, 15) is 23.5 Å². The fraction of sp³-hybridized carbons (Fsp3) is 0.261. The summed E-state index contributed by atoms with van der Waals surface area (Å²) in [5, 5.41) is 21.3. The highest BCUT2D eigenvalue weighted by Crippen LogP contribution is 2.28. The number of benzene rings is 2. The van der Waals surface area contributed by atoms with Crippen LogP contribution in [0.25, 0.3) is 11.3 Å². The molecule has 1 heterocycles. The number of anilines is 1. The molecule has 7 nitrogen and oxygen atoms in total. The van der Waals surface area contributed by atoms with Gasteiger partial charge in [-0.05, 0) is 36.2 Å². The van der Waals surface area contributed by atoms with Gasteiger partial charge in [0.05, 0.1) is 16.8 Å². The van der Waals surface area contributed by atoms with Crippen LogP contribution in [0.2, 0.25) is 5.02 Å². The molecule has 1 atom stereocenters. The Bertz CT molecular complexity index is 1150. The van der Waals surface area contributed by atoms with E-state index >= 15 is 0 Å². The van der Waals surface area contributed by atoms with E-state index in [0.717, 1.165) is 0 Å². The number of aromatic amines is 1. The van der Waals surface area contributed by atoms with E-state index in [2.05, 4.69) is 20.8 Å². The molecule has 0 bridgehead atoms. The number of hydrogen-bond acceptors (Lipinski definition) is 4. The number of amides is 1. The lowest BCUT2D eigenvalue weighted by molar-refractivity contribution is -0.128. The summed E-state index contributed by atoms with van der Waals surface area (Å²) in [6, 6.07) is 10.7. The van der Waals surface area contributed by atoms with Crippen molar-refractivity contribution in [2.24, 2.45) is 5.41 Å². The van der Waals surface area contributed by atoms with Crippen LogP contribution in [0, 0.1) is 17.0 Å². The third-order valence-electron chi connectivity index (χ3n) is 5.16. The van der Waals surface area contributed by atoms with E-state index in [1.165, 1.54) is 30.3 Å². The predicted octanol–water partition coefficient (Wildman–Crippen LogP) is 4.89. The molecule has 0 aliphatic carbocycles. The molecular formula is C23H23ClF2N4O3. The Morgan fingerprint density at radius 1 is 1.18 bits per heavy atom. The van der Waals surface area contributed by atoms with Crippen LogP contribution < -0.4 is 10.6 Å². The third-order valence-corrected chi connectivity index (χ3v) is 5.45. The summed E-state index contributed by atoms with van der Waals surface area (Å²) in [5.74, 6) is -0.904. The average molecular weight is 477 g/mol. The first kappa shape index (κ1) is 24.2. The van der Waals surface area contributed by atoms with Gasteiger partial charge in [-0.15, -0.1) is 0 Å². The van der Waals surface area contributed by atoms with Crippen LogP contribution in [0.4, 0.5) is 19.4 Å². The zero-order valence-corrected chi connectivity index (χ0v) is 18.7. The van der Waals surface area contributed by atoms with E-state index in [1.807, 2.05) is 0 Å². The predicted molar refractivity (Wildman–Crippen MR) is 121 cm³/mol. The Morgan fingerprint density at radius 2 is 1.88 bits per heavy atom. The Labute approximate surface area is 194 Å². The van der Waals surface area contributed by atoms with Crippen LogP contribution in [0.5, 0.6) is 0 Å². The molecule has 0 spiro atoms. The summed E-state index contributed by atoms with van der Waals surface area (Å²) in [7, 11) is 0. The number of carbonyl (C=O) groups excluding carboxylic acids is 1. The standard InChI is InChI=1S/C23H23ClF2N4O3/c1-23(2,21(31)18(28-22(32)33)10-13-6-8-14(25)9-7-13)12-27-19-11-17(29-30-19)15-4-3-5-16(24)20(15)26/h3-9,11,18,28H,10,12H2,1-2H3,(H,32,33)(H2,27,29,30)/t18-/m0/s1. The summed E-state index contributed by atoms with van der Waals surface area (Å²) in [4.78, 5) is 24.4. The highest BCUT2D eigenvalue weighted by Gasteiger charge is 2.35. The lowest BCUT2D eigenvalue weighted by Crippen LogP contribution is -2.49. The second kappa shape index (κ2) is 9.99. The lowest BCUT2D eigenvalue weighted by Gasteiger charge is -2.28. The SMILES string of the molecule is CC(C)(CNc1cc(-c2cccc(Cl)c2F)n[nH]1)C(=O)[C@H](Cc1ccc(F)cc1)NC(=O)O. The van der Waals surface area contributed by atoms with E-state index in [1.54, 1.807) is 32.0 Å². The molecule has 1 amide bonds. The Kier molecular flexibility index (Phi) is 7.33. The minimum Gasteiger partial charge on any atom is -0.465 e. The molecule has 0 aliphatic rings. The minimum atomic E-state index is -1.33. The Balaban J connectivity index is 1.70. The highest BCUT2D eigenvalue weighted by molar-refractivity contribution is 6.31. The molecule has 3 rings (SSSR count). The van der Waals surface area contributed by atoms with Crippen molar-refractivity contribution in [1.29, 1.82) is 0 Å². The molecule has 4 N–H and O–H groups in total. The summed E-state index contributed by atoms with van der Waals surface area (Å²) >= 11 is 5.83. The maximum absolute atomic E-state index is 14.2. The number of carboxylic acid groups (broad SMARTS) is 1. The molecular weight excluding hydrogens is 454 g/mol. The molecule has 0 aliphatic heterocycles. The molecule has 0 unspecified atom stereocenters. The summed E-state index contributed by atoms with van der Waals surface area (Å²) in [6.07, 6.45) is -1.25. The number of nitrogens with zero attached hydrogens (tertiary/aromatic N) is 1. The van der Waals surface area contributed by atoms with Gasteiger partial charge in [-0.25, -0.2) is 13.6 Å². The first-order valence-corrected chi connectivity index (χ1v) is 10.5. The summed E-state index contributed by atoms with van der Waals surface area (Å²) < 4.78 is 27.4. The van der Waals surface area contributed by atoms with Gasteiger partial charge in [0.2, 0.25) is 0 Å². The van der Waals surface area contributed by atoms with Gasteiger partial charge in [-0.2, -0.15) is 5.10 Å². The quantitative estimate of drug-likeness (QED) is 0.351. The monoisotopic (exact) mass is 476 g/mol. The fourth-order valence-electron chi connectivity index (χ4n) is 3.34. The second-order valence-corrected chi connectivity index (χ2v) is 8.61. The molecule has 3 aromatic rings. The number of rotatable bonds is 9. The van der Waals surface area contributed by atoms with Crippen molar-refractivity contribution >= 4 is 29.3 Å². The smallest absolute Gasteiger partial charge is 0.405 e. The fourth-order valence-corrected chi connectivity index (χ4v) is 3.52. The number of carbonyl (C=O) groups is 2. The van der Waals surface area contributed by atoms with E-state index in [0.29, 0.717) is 17.1 Å². The average Bonchev–Trinajstić information content (AvgIpc) is 3.23. The van der Waals surface area contributed by atoms with Gasteiger partial charge in [0.15, 0.2) is 11.6 Å². The molecule has 1 aromatic heterocycles. The second-order valence-electron chi connectivity index (χ2n) is 8.20. The summed E-state index contributed by atoms with van der Waals surface area (Å²) in [5.41, 5.74) is 0.198. The van der Waals surface area contributed by atoms with Crippen molar-refractivity contribution in [2.45, 2.75) is 26.3 Å². The topological polar surface area (TPSA) is 107 Å². The molecule has 2 aromatic carbocycles. The van der Waals surface area contributed by atoms with Gasteiger partial charge in [-0.1, -0.05) is 43.6 Å². The number of Topliss-reactive ketones (excluding diaryl/α,β-unsaturated/α-hetero) is 1. The zero-order chi connectivity index (χ0) is 24.2. The third kappa shape index (κ3) is 6.07. The first-order valence-electron chi connectivity index (χ1n) is 10.1. The maximum atomic E-state index is 14.2. The number of halogens is 3. The first-order chi connectivity index (χ1) is 15.6. The molecule has 0 fully saturated rings. The van der Waals surface area contributed by atoms with Crippen LogP contribution >= 0.6 is 11.6 Å². The Hall–Kier alpha value is -3.46. The van der Waals surface area contributed by atoms with Gasteiger partial charge in [-0.3, -0.25) is 9.89 Å². The Morgan fingerprint density at radius 3 is 2.55 bits per heavy atom. The largest absolute Gasteiger partial charge is 0.465 e. The van der Waals surface area contributed by atoms with Crippen LogP contribution in [0.3, 0.4) is 0 Å². The van der Waals surface area contributed by atoms with Crippen molar-refractivity contribution in [3.63, 3.8) is 0 Å². The minimum absolute atomic E-state index is 0.0186. The van der Waals surface area contributed by atoms with Crippen molar-refractivity contribution in [2.75, 3.05) is 11.9 Å². The molecule has 33 heavy (non-hydrogen) atoms. The van der Waals surface area contributed by atoms with E-state index in [4.69, 9.17) is 11.6 Å². The van der Waals surface area contributed by atoms with Gasteiger partial charge in [0.1, 0.15) is 11.6 Å². The van der Waals surface area contributed by atoms with Gasteiger partial charge in [0.25, 0.3) is 0 Å². The molecule has 174 valence electrons. The van der Waals surface area contributed by atoms with Crippen molar-refractivity contribution in [3.05, 3.63) is 70.8 Å². The molecule has 10 heteroatoms. The van der Waals surface area contributed by atoms with E-state index in [-0.39, 0.29) is 29.3 Å². The zero-order valence-electron chi connectivity index (χ0n) is 18.0. The van der Waals surface area contributed by atoms with Gasteiger partial charge >= 0.3 is 6.09 Å². The van der Waals surface area contributed by atoms with E-state index < -0.39 is 29.2 Å². The van der Waals surface area contributed by atoms with Crippen LogP contribution in [-0.4, -0.2) is 39.8 Å². The van der Waals surface area contributed by atoms with Crippen molar-refractivity contribution in [3.8, 4) is 11.3 Å². The number of hydrogen-bond donors (Lipinski definition) is 4. The van der Waals surface area contributed by atoms with Crippen molar-refractivity contribution < 1.29 is 23.5 Å². The molecule has 0 saturated heterocycles. The lowest BCUT2D eigenvalue weighted by atomic mass is 9.82. The number of ketones is 1. The van der Waals surface area contributed by atoms with Gasteiger partial charge in [0, 0.05) is 23.6 Å². The summed E-state index contributed by atoms with van der Waals surface area (Å²) in [6.45, 7) is 3.50. The van der Waals surface area contributed by atoms with Crippen LogP contribution in [0.15, 0.2) is 48.5 Å². The number of nitrogens with one attached hydrogen (secondary N) is 3. The molecule has 0 saturated carbocycles. The number of H-pyrrole nitrogens is 1. The van der Waals surface area contributed by atoms with Crippen LogP contribution in [0.1, 0.15) is 19.4 Å².